The number of nitrogens with one attached hydrogen (secondary N) is 2. The molecule has 0 aliphatic carbocycles. The smallest absolute Gasteiger partial charge is 0.347 e. The van der Waals surface area contributed by atoms with Crippen molar-refractivity contribution < 1.29 is 27.9 Å². The molecule has 352 valence electrons. The van der Waals surface area contributed by atoms with E-state index < -0.39 is 11.3 Å². The second kappa shape index (κ2) is 20.2. The molecule has 4 heterocycles. The highest BCUT2D eigenvalue weighted by molar-refractivity contribution is 14.1. The summed E-state index contributed by atoms with van der Waals surface area (Å²) in [6.45, 7) is 7.73. The molecule has 0 unspecified atom stereocenters. The third kappa shape index (κ3) is 9.95. The number of hydrogen-bond acceptors (Lipinski definition) is 12. The molecule has 0 atom stereocenters. The first-order valence-electron chi connectivity index (χ1n) is 22.1. The summed E-state index contributed by atoms with van der Waals surface area (Å²) in [4.78, 5) is 58.7. The molecule has 0 aliphatic heterocycles. The summed E-state index contributed by atoms with van der Waals surface area (Å²) in [5.74, 6) is 2.18. The first kappa shape index (κ1) is 47.5. The molecule has 0 radical (unpaired) electrons. The number of anilines is 4. The summed E-state index contributed by atoms with van der Waals surface area (Å²) in [5, 5.41) is 8.16. The maximum Gasteiger partial charge on any atom is 0.347 e. The lowest BCUT2D eigenvalue weighted by atomic mass is 10.0. The van der Waals surface area contributed by atoms with Crippen LogP contribution in [0.3, 0.4) is 0 Å². The van der Waals surface area contributed by atoms with Crippen molar-refractivity contribution in [3.63, 3.8) is 0 Å². The minimum absolute atomic E-state index is 0.0695. The number of rotatable bonds is 13. The van der Waals surface area contributed by atoms with Crippen LogP contribution in [0.5, 0.6) is 11.5 Å². The molecule has 10 aromatic rings. The van der Waals surface area contributed by atoms with Crippen LogP contribution in [0.4, 0.5) is 23.3 Å². The SMILES string of the molecule is CC(=O)c1c(C)c2cc3nc(Nc4cccc(Br)c4)n(CCOc4ccccc4)c3cc2oc1=O.COc1ccc(Nc2nc3cc4c(C)c(C(C)=O)c(=O)oc4cc3n2Cc2cccc(I)c2)cc1. The number of hydrogen-bond donors (Lipinski definition) is 2. The van der Waals surface area contributed by atoms with Gasteiger partial charge in [0.1, 0.15) is 40.4 Å². The molecule has 2 N–H and O–H groups in total. The Kier molecular flexibility index (Phi) is 13.7. The first-order chi connectivity index (χ1) is 33.7. The van der Waals surface area contributed by atoms with Crippen LogP contribution in [0.25, 0.3) is 44.0 Å². The topological polar surface area (TPSA) is 173 Å². The molecule has 16 heteroatoms. The van der Waals surface area contributed by atoms with Crippen molar-refractivity contribution in [2.75, 3.05) is 24.4 Å². The van der Waals surface area contributed by atoms with Crippen LogP contribution >= 0.6 is 38.5 Å². The Bertz CT molecular complexity index is 3770. The van der Waals surface area contributed by atoms with Gasteiger partial charge in [0, 0.05) is 42.3 Å². The van der Waals surface area contributed by atoms with E-state index in [-0.39, 0.29) is 22.7 Å². The maximum atomic E-state index is 12.5. The van der Waals surface area contributed by atoms with E-state index in [2.05, 4.69) is 65.9 Å². The number of Topliss-reactive ketones (excluding diaryl/α,β-unsaturated/α-hetero) is 2. The molecule has 10 rings (SSSR count). The van der Waals surface area contributed by atoms with E-state index in [1.54, 1.807) is 27.0 Å². The van der Waals surface area contributed by atoms with E-state index in [9.17, 15) is 19.2 Å². The number of halogens is 2. The molecule has 6 aromatic carbocycles. The number of benzene rings is 6. The van der Waals surface area contributed by atoms with Crippen LogP contribution in [-0.2, 0) is 13.1 Å². The van der Waals surface area contributed by atoms with Gasteiger partial charge in [-0.25, -0.2) is 19.6 Å². The minimum Gasteiger partial charge on any atom is -0.497 e. The fourth-order valence-corrected chi connectivity index (χ4v) is 9.42. The molecule has 70 heavy (non-hydrogen) atoms. The normalized spacial score (nSPS) is 11.2. The van der Waals surface area contributed by atoms with Crippen molar-refractivity contribution in [3.8, 4) is 11.5 Å². The van der Waals surface area contributed by atoms with Crippen LogP contribution in [0.2, 0.25) is 0 Å². The minimum atomic E-state index is -0.632. The lowest BCUT2D eigenvalue weighted by Gasteiger charge is -2.12. The van der Waals surface area contributed by atoms with Gasteiger partial charge in [-0.2, -0.15) is 0 Å². The van der Waals surface area contributed by atoms with Crippen molar-refractivity contribution in [2.24, 2.45) is 0 Å². The number of aryl methyl sites for hydroxylation is 2. The van der Waals surface area contributed by atoms with E-state index in [0.29, 0.717) is 70.2 Å². The summed E-state index contributed by atoms with van der Waals surface area (Å²) < 4.78 is 28.4. The zero-order chi connectivity index (χ0) is 49.2. The Balaban J connectivity index is 0.000000174. The van der Waals surface area contributed by atoms with E-state index >= 15 is 0 Å². The summed E-state index contributed by atoms with van der Waals surface area (Å²) in [6, 6.07) is 40.6. The number of para-hydroxylation sites is 1. The van der Waals surface area contributed by atoms with Gasteiger partial charge in [-0.15, -0.1) is 0 Å². The van der Waals surface area contributed by atoms with Gasteiger partial charge in [-0.1, -0.05) is 52.3 Å². The monoisotopic (exact) mass is 1110 g/mol. The van der Waals surface area contributed by atoms with Gasteiger partial charge >= 0.3 is 11.3 Å². The molecular weight excluding hydrogens is 1070 g/mol. The number of ketones is 2. The summed E-state index contributed by atoms with van der Waals surface area (Å²) in [7, 11) is 1.63. The van der Waals surface area contributed by atoms with Crippen LogP contribution in [-0.4, -0.2) is 44.4 Å². The average Bonchev–Trinajstić information content (AvgIpc) is 3.83. The third-order valence-corrected chi connectivity index (χ3v) is 12.9. The molecule has 0 saturated carbocycles. The zero-order valence-electron chi connectivity index (χ0n) is 38.6. The number of imidazole rings is 2. The van der Waals surface area contributed by atoms with Crippen LogP contribution < -0.4 is 31.4 Å². The van der Waals surface area contributed by atoms with E-state index in [4.69, 9.17) is 28.3 Å². The van der Waals surface area contributed by atoms with Gasteiger partial charge in [0.05, 0.1) is 42.3 Å². The molecule has 0 aliphatic rings. The Morgan fingerprint density at radius 3 is 1.80 bits per heavy atom. The molecule has 4 aromatic heterocycles. The highest BCUT2D eigenvalue weighted by Crippen LogP contribution is 2.32. The molecule has 14 nitrogen and oxygen atoms in total. The number of methoxy groups -OCH3 is 1. The standard InChI is InChI=1S/C27H22BrN3O4.C27H22IN3O4/c1-16-21-14-22-23(15-24(21)35-26(33)25(16)17(2)32)31(11-12-34-20-9-4-3-5-10-20)27(30-22)29-19-8-6-7-18(28)13-19;1-15-21-12-22-23(13-24(21)35-26(33)25(15)16(2)32)31(14-17-5-4-6-18(28)11-17)27(30-22)29-19-7-9-20(34-3)10-8-19/h3-10,13-15H,11-12H2,1-2H3,(H,29,30);4-13H,14H2,1-3H3,(H,29,30). The quantitative estimate of drug-likeness (QED) is 0.0637. The van der Waals surface area contributed by atoms with Crippen LogP contribution in [0, 0.1) is 17.4 Å². The second-order valence-corrected chi connectivity index (χ2v) is 18.6. The van der Waals surface area contributed by atoms with Crippen molar-refractivity contribution in [1.82, 2.24) is 19.1 Å². The van der Waals surface area contributed by atoms with Crippen molar-refractivity contribution in [1.29, 1.82) is 0 Å². The fraction of sp³-hybridized carbons (Fsp3) is 0.148. The zero-order valence-corrected chi connectivity index (χ0v) is 42.3. The number of aromatic nitrogens is 4. The molecule has 0 fully saturated rings. The molecule has 0 saturated heterocycles. The highest BCUT2D eigenvalue weighted by atomic mass is 127. The summed E-state index contributed by atoms with van der Waals surface area (Å²) >= 11 is 5.80. The van der Waals surface area contributed by atoms with E-state index in [1.165, 1.54) is 13.8 Å². The van der Waals surface area contributed by atoms with Gasteiger partial charge in [0.25, 0.3) is 0 Å². The largest absolute Gasteiger partial charge is 0.497 e. The molecular formula is C54H44BrIN6O8. The van der Waals surface area contributed by atoms with Gasteiger partial charge in [-0.3, -0.25) is 9.59 Å². The number of ether oxygens (including phenoxy) is 2. The van der Waals surface area contributed by atoms with Crippen LogP contribution in [0.15, 0.2) is 150 Å². The number of carbonyl (C=O) groups excluding carboxylic acids is 2. The van der Waals surface area contributed by atoms with Gasteiger partial charge in [0.2, 0.25) is 11.9 Å². The Labute approximate surface area is 422 Å². The van der Waals surface area contributed by atoms with Gasteiger partial charge < -0.3 is 38.1 Å². The Morgan fingerprint density at radius 1 is 0.657 bits per heavy atom. The van der Waals surface area contributed by atoms with Crippen molar-refractivity contribution >= 4 is 117 Å². The van der Waals surface area contributed by atoms with Crippen molar-refractivity contribution in [3.05, 3.63) is 184 Å². The fourth-order valence-electron chi connectivity index (χ4n) is 8.42. The van der Waals surface area contributed by atoms with Crippen LogP contribution in [0.1, 0.15) is 51.3 Å². The summed E-state index contributed by atoms with van der Waals surface area (Å²) in [5.41, 5.74) is 6.77. The molecule has 0 spiro atoms. The number of nitrogens with zero attached hydrogens (tertiary/aromatic N) is 4. The molecule has 0 amide bonds. The predicted molar refractivity (Wildman–Crippen MR) is 285 cm³/mol. The lowest BCUT2D eigenvalue weighted by Crippen LogP contribution is -2.14. The number of fused-ring (bicyclic) bond motifs is 4. The predicted octanol–water partition coefficient (Wildman–Crippen LogP) is 12.3. The summed E-state index contributed by atoms with van der Waals surface area (Å²) in [6.07, 6.45) is 0. The molecule has 0 bridgehead atoms. The van der Waals surface area contributed by atoms with E-state index in [1.807, 2.05) is 114 Å². The Morgan fingerprint density at radius 2 is 1.23 bits per heavy atom. The maximum absolute atomic E-state index is 12.5. The van der Waals surface area contributed by atoms with E-state index in [0.717, 1.165) is 53.0 Å². The van der Waals surface area contributed by atoms with Gasteiger partial charge in [-0.05, 0) is 146 Å². The second-order valence-electron chi connectivity index (χ2n) is 16.5. The van der Waals surface area contributed by atoms with Gasteiger partial charge in [0.15, 0.2) is 11.6 Å². The van der Waals surface area contributed by atoms with Crippen molar-refractivity contribution in [2.45, 2.75) is 40.8 Å². The first-order valence-corrected chi connectivity index (χ1v) is 23.9. The Hall–Kier alpha value is -7.57. The lowest BCUT2D eigenvalue weighted by molar-refractivity contribution is 0.100. The highest BCUT2D eigenvalue weighted by Gasteiger charge is 2.21. The number of carbonyl (C=O) groups is 2. The third-order valence-electron chi connectivity index (χ3n) is 11.8. The average molecular weight is 1110 g/mol.